The van der Waals surface area contributed by atoms with Gasteiger partial charge in [0.15, 0.2) is 6.33 Å². The summed E-state index contributed by atoms with van der Waals surface area (Å²) < 4.78 is 0. The maximum Gasteiger partial charge on any atom is 0.161 e. The zero-order valence-electron chi connectivity index (χ0n) is 2.94. The molecule has 1 aromatic heterocycles. The summed E-state index contributed by atoms with van der Waals surface area (Å²) in [5, 5.41) is 9.71. The van der Waals surface area contributed by atoms with E-state index in [2.05, 4.69) is 15.5 Å². The summed E-state index contributed by atoms with van der Waals surface area (Å²) >= 11 is 0. The monoisotopic (exact) mass is 85.0 g/mol. The van der Waals surface area contributed by atoms with Crippen molar-refractivity contribution in [3.05, 3.63) is 6.33 Å². The van der Waals surface area contributed by atoms with Gasteiger partial charge in [0.1, 0.15) is 0 Å². The van der Waals surface area contributed by atoms with Crippen LogP contribution in [0.25, 0.3) is 0 Å². The van der Waals surface area contributed by atoms with Gasteiger partial charge < -0.3 is 5.84 Å². The van der Waals surface area contributed by atoms with Crippen LogP contribution in [-0.4, -0.2) is 20.3 Å². The lowest BCUT2D eigenvalue weighted by atomic mass is 11.4. The van der Waals surface area contributed by atoms with Crippen molar-refractivity contribution in [1.29, 1.82) is 0 Å². The first-order chi connectivity index (χ1) is 2.89. The molecule has 5 nitrogen and oxygen atoms in total. The maximum atomic E-state index is 4.96. The molecule has 0 radical (unpaired) electrons. The second-order valence-corrected chi connectivity index (χ2v) is 0.790. The van der Waals surface area contributed by atoms with Crippen LogP contribution in [-0.2, 0) is 0 Å². The molecule has 0 aliphatic heterocycles. The molecule has 0 aliphatic rings. The van der Waals surface area contributed by atoms with Gasteiger partial charge in [-0.1, -0.05) is 0 Å². The molecule has 0 saturated carbocycles. The molecule has 0 unspecified atom stereocenters. The second-order valence-electron chi connectivity index (χ2n) is 0.790. The lowest BCUT2D eigenvalue weighted by molar-refractivity contribution is 0.756. The first-order valence-electron chi connectivity index (χ1n) is 1.37. The first-order valence-corrected chi connectivity index (χ1v) is 1.37. The van der Waals surface area contributed by atoms with Gasteiger partial charge in [0.25, 0.3) is 0 Å². The fourth-order valence-corrected chi connectivity index (χ4v) is 0.168. The molecule has 0 aliphatic carbocycles. The standard InChI is InChI=1S/CH3N5/c2-6-1-3-4-5-6/h1H,2H2. The number of nitrogen functional groups attached to an aromatic ring is 1. The summed E-state index contributed by atoms with van der Waals surface area (Å²) in [7, 11) is 0. The van der Waals surface area contributed by atoms with Crippen molar-refractivity contribution in [3.63, 3.8) is 0 Å². The fraction of sp³-hybridized carbons (Fsp3) is 0. The molecule has 2 N–H and O–H groups in total. The van der Waals surface area contributed by atoms with Crippen molar-refractivity contribution in [2.45, 2.75) is 0 Å². The molecule has 6 heavy (non-hydrogen) atoms. The van der Waals surface area contributed by atoms with E-state index in [4.69, 9.17) is 5.84 Å². The summed E-state index contributed by atoms with van der Waals surface area (Å²) in [6.07, 6.45) is 1.31. The smallest absolute Gasteiger partial charge is 0.161 e. The predicted molar refractivity (Wildman–Crippen MR) is 18.0 cm³/mol. The summed E-state index contributed by atoms with van der Waals surface area (Å²) in [6, 6.07) is 0. The molecule has 1 aromatic rings. The summed E-state index contributed by atoms with van der Waals surface area (Å²) in [5.74, 6) is 4.96. The molecular weight excluding hydrogens is 82.0 g/mol. The Bertz CT molecular complexity index is 107. The Morgan fingerprint density at radius 1 is 1.67 bits per heavy atom. The lowest BCUT2D eigenvalue weighted by Crippen LogP contribution is -2.07. The quantitative estimate of drug-likeness (QED) is 0.385. The Morgan fingerprint density at radius 2 is 2.50 bits per heavy atom. The summed E-state index contributed by atoms with van der Waals surface area (Å²) in [6.45, 7) is 0. The van der Waals surface area contributed by atoms with Crippen LogP contribution in [0.5, 0.6) is 0 Å². The van der Waals surface area contributed by atoms with Crippen molar-refractivity contribution in [1.82, 2.24) is 20.3 Å². The predicted octanol–water partition coefficient (Wildman–Crippen LogP) is -1.61. The van der Waals surface area contributed by atoms with Gasteiger partial charge in [0, 0.05) is 0 Å². The molecule has 0 aromatic carbocycles. The number of nitrogens with zero attached hydrogens (tertiary/aromatic N) is 4. The SMILES string of the molecule is Nn1cnnn1. The average molecular weight is 85.1 g/mol. The third kappa shape index (κ3) is 0.291. The maximum absolute atomic E-state index is 4.96. The Balaban J connectivity index is 3.05. The first kappa shape index (κ1) is 3.08. The number of aromatic nitrogens is 4. The van der Waals surface area contributed by atoms with E-state index in [1.807, 2.05) is 0 Å². The van der Waals surface area contributed by atoms with Crippen LogP contribution < -0.4 is 5.84 Å². The molecule has 0 fully saturated rings. The van der Waals surface area contributed by atoms with E-state index >= 15 is 0 Å². The van der Waals surface area contributed by atoms with Gasteiger partial charge in [-0.15, -0.1) is 9.89 Å². The molecular formula is CH3N5. The highest BCUT2D eigenvalue weighted by atomic mass is 15.6. The van der Waals surface area contributed by atoms with Gasteiger partial charge in [-0.3, -0.25) is 0 Å². The largest absolute Gasteiger partial charge is 0.320 e. The van der Waals surface area contributed by atoms with Crippen LogP contribution in [0.3, 0.4) is 0 Å². The van der Waals surface area contributed by atoms with Crippen LogP contribution in [0.2, 0.25) is 0 Å². The van der Waals surface area contributed by atoms with Crippen molar-refractivity contribution < 1.29 is 0 Å². The molecule has 32 valence electrons. The Morgan fingerprint density at radius 3 is 2.67 bits per heavy atom. The van der Waals surface area contributed by atoms with Gasteiger partial charge in [-0.2, -0.15) is 0 Å². The van der Waals surface area contributed by atoms with Crippen LogP contribution >= 0.6 is 0 Å². The second kappa shape index (κ2) is 0.925. The topological polar surface area (TPSA) is 69.6 Å². The number of nitrogens with two attached hydrogens (primary N) is 1. The molecule has 0 bridgehead atoms. The molecule has 0 spiro atoms. The Labute approximate surface area is 33.7 Å². The highest BCUT2D eigenvalue weighted by Gasteiger charge is 1.73. The number of rotatable bonds is 0. The molecule has 0 atom stereocenters. The van der Waals surface area contributed by atoms with E-state index in [9.17, 15) is 0 Å². The normalized spacial score (nSPS) is 8.67. The summed E-state index contributed by atoms with van der Waals surface area (Å²) in [4.78, 5) is 1.03. The van der Waals surface area contributed by atoms with E-state index in [0.29, 0.717) is 0 Å². The van der Waals surface area contributed by atoms with Crippen LogP contribution in [0.4, 0.5) is 0 Å². The van der Waals surface area contributed by atoms with Crippen molar-refractivity contribution in [3.8, 4) is 0 Å². The third-order valence-electron chi connectivity index (χ3n) is 0.365. The average Bonchev–Trinajstić information content (AvgIpc) is 1.86. The molecule has 5 heteroatoms. The van der Waals surface area contributed by atoms with Crippen LogP contribution in [0.15, 0.2) is 6.33 Å². The minimum Gasteiger partial charge on any atom is -0.320 e. The molecule has 1 rings (SSSR count). The van der Waals surface area contributed by atoms with Gasteiger partial charge in [-0.25, -0.2) is 0 Å². The van der Waals surface area contributed by atoms with Crippen molar-refractivity contribution >= 4 is 0 Å². The Kier molecular flexibility index (Phi) is 0.474. The van der Waals surface area contributed by atoms with Gasteiger partial charge in [-0.05, 0) is 10.4 Å². The molecule has 0 amide bonds. The molecule has 1 heterocycles. The van der Waals surface area contributed by atoms with Crippen LogP contribution in [0.1, 0.15) is 0 Å². The van der Waals surface area contributed by atoms with E-state index in [-0.39, 0.29) is 0 Å². The Hall–Kier alpha value is -1.13. The molecule has 0 saturated heterocycles. The third-order valence-corrected chi connectivity index (χ3v) is 0.365. The van der Waals surface area contributed by atoms with Gasteiger partial charge >= 0.3 is 0 Å². The number of hydrogen-bond donors (Lipinski definition) is 1. The van der Waals surface area contributed by atoms with Gasteiger partial charge in [0.2, 0.25) is 0 Å². The fourth-order valence-electron chi connectivity index (χ4n) is 0.168. The van der Waals surface area contributed by atoms with E-state index < -0.39 is 0 Å². The van der Waals surface area contributed by atoms with E-state index in [0.717, 1.165) is 4.79 Å². The minimum absolute atomic E-state index is 1.03. The van der Waals surface area contributed by atoms with Crippen LogP contribution in [0, 0.1) is 0 Å². The van der Waals surface area contributed by atoms with Crippen molar-refractivity contribution in [2.75, 3.05) is 5.84 Å². The van der Waals surface area contributed by atoms with Gasteiger partial charge in [0.05, 0.1) is 0 Å². The zero-order valence-corrected chi connectivity index (χ0v) is 2.94. The number of tetrazole rings is 1. The minimum atomic E-state index is 1.03. The number of hydrogen-bond acceptors (Lipinski definition) is 4. The van der Waals surface area contributed by atoms with Crippen molar-refractivity contribution in [2.24, 2.45) is 0 Å². The highest BCUT2D eigenvalue weighted by Crippen LogP contribution is 1.53. The lowest BCUT2D eigenvalue weighted by Gasteiger charge is -1.73. The highest BCUT2D eigenvalue weighted by molar-refractivity contribution is 4.38. The van der Waals surface area contributed by atoms with E-state index in [1.54, 1.807) is 0 Å². The summed E-state index contributed by atoms with van der Waals surface area (Å²) in [5.41, 5.74) is 0. The zero-order chi connectivity index (χ0) is 4.41. The van der Waals surface area contributed by atoms with E-state index in [1.165, 1.54) is 6.33 Å².